The summed E-state index contributed by atoms with van der Waals surface area (Å²) in [6.07, 6.45) is 7.40. The number of rotatable bonds is 4. The maximum absolute atomic E-state index is 12.8. The van der Waals surface area contributed by atoms with Crippen molar-refractivity contribution in [3.63, 3.8) is 0 Å². The molecule has 3 amide bonds. The third kappa shape index (κ3) is 2.70. The molecule has 4 aliphatic rings. The van der Waals surface area contributed by atoms with Crippen LogP contribution in [0.15, 0.2) is 30.4 Å². The number of thiazole rings is 1. The number of benzene rings is 1. The van der Waals surface area contributed by atoms with Crippen molar-refractivity contribution < 1.29 is 14.4 Å². The van der Waals surface area contributed by atoms with Crippen molar-refractivity contribution in [1.82, 2.24) is 9.88 Å². The van der Waals surface area contributed by atoms with Crippen LogP contribution in [0.25, 0.3) is 10.2 Å². The number of nitrogens with one attached hydrogen (secondary N) is 1. The van der Waals surface area contributed by atoms with E-state index in [4.69, 9.17) is 4.98 Å². The van der Waals surface area contributed by atoms with Gasteiger partial charge in [0, 0.05) is 18.8 Å². The standard InChI is InChI=1S/C22H22N4O3S/c27-17(11-26-20(28)18-12-3-4-13(9-12)19(18)21(26)29)23-14-5-6-15-16(10-14)30-22(24-15)25-7-1-2-8-25/h3-6,10,12-13,18-19H,1-2,7-9,11H2,(H,23,27). The summed E-state index contributed by atoms with van der Waals surface area (Å²) in [5.74, 6) is -0.947. The van der Waals surface area contributed by atoms with Crippen molar-refractivity contribution in [3.8, 4) is 0 Å². The highest BCUT2D eigenvalue weighted by Crippen LogP contribution is 2.52. The van der Waals surface area contributed by atoms with Gasteiger partial charge in [0.2, 0.25) is 17.7 Å². The Morgan fingerprint density at radius 3 is 2.50 bits per heavy atom. The Kier molecular flexibility index (Phi) is 3.99. The van der Waals surface area contributed by atoms with Crippen molar-refractivity contribution in [1.29, 1.82) is 0 Å². The fourth-order valence-corrected chi connectivity index (χ4v) is 6.55. The van der Waals surface area contributed by atoms with Crippen LogP contribution in [0.2, 0.25) is 0 Å². The zero-order chi connectivity index (χ0) is 20.4. The molecule has 1 aromatic carbocycles. The number of hydrogen-bond acceptors (Lipinski definition) is 6. The van der Waals surface area contributed by atoms with E-state index in [1.165, 1.54) is 12.8 Å². The van der Waals surface area contributed by atoms with Gasteiger partial charge in [0.15, 0.2) is 5.13 Å². The molecule has 4 atom stereocenters. The van der Waals surface area contributed by atoms with E-state index in [0.29, 0.717) is 5.69 Å². The first-order chi connectivity index (χ1) is 14.6. The Hall–Kier alpha value is -2.74. The number of amides is 3. The Morgan fingerprint density at radius 2 is 1.80 bits per heavy atom. The van der Waals surface area contributed by atoms with Gasteiger partial charge in [0.25, 0.3) is 0 Å². The molecule has 8 heteroatoms. The van der Waals surface area contributed by atoms with Crippen molar-refractivity contribution in [2.75, 3.05) is 29.9 Å². The molecule has 1 N–H and O–H groups in total. The normalized spacial score (nSPS) is 29.5. The molecule has 2 bridgehead atoms. The summed E-state index contributed by atoms with van der Waals surface area (Å²) in [4.78, 5) is 46.3. The summed E-state index contributed by atoms with van der Waals surface area (Å²) in [5.41, 5.74) is 1.57. The molecule has 0 radical (unpaired) electrons. The quantitative estimate of drug-likeness (QED) is 0.605. The average molecular weight is 423 g/mol. The molecule has 3 heterocycles. The van der Waals surface area contributed by atoms with Gasteiger partial charge in [0.1, 0.15) is 6.54 Å². The molecule has 3 fully saturated rings. The topological polar surface area (TPSA) is 82.6 Å². The first-order valence-corrected chi connectivity index (χ1v) is 11.4. The van der Waals surface area contributed by atoms with Crippen molar-refractivity contribution in [2.45, 2.75) is 19.3 Å². The van der Waals surface area contributed by atoms with Crippen LogP contribution in [0.4, 0.5) is 10.8 Å². The minimum atomic E-state index is -0.347. The number of nitrogens with zero attached hydrogens (tertiary/aromatic N) is 3. The molecule has 1 aromatic heterocycles. The van der Waals surface area contributed by atoms with E-state index in [1.807, 2.05) is 18.2 Å². The average Bonchev–Trinajstić information content (AvgIpc) is 3.53. The maximum atomic E-state index is 12.8. The predicted octanol–water partition coefficient (Wildman–Crippen LogP) is 2.64. The van der Waals surface area contributed by atoms with Crippen molar-refractivity contribution in [3.05, 3.63) is 30.4 Å². The number of aromatic nitrogens is 1. The number of hydrogen-bond donors (Lipinski definition) is 1. The molecule has 2 aliphatic carbocycles. The Balaban J connectivity index is 1.15. The summed E-state index contributed by atoms with van der Waals surface area (Å²) in [5, 5.41) is 3.87. The zero-order valence-corrected chi connectivity index (χ0v) is 17.2. The van der Waals surface area contributed by atoms with E-state index in [0.717, 1.165) is 39.8 Å². The number of anilines is 2. The lowest BCUT2D eigenvalue weighted by Gasteiger charge is -2.16. The Morgan fingerprint density at radius 1 is 1.10 bits per heavy atom. The van der Waals surface area contributed by atoms with E-state index < -0.39 is 0 Å². The molecular formula is C22H22N4O3S. The lowest BCUT2D eigenvalue weighted by molar-refractivity contribution is -0.143. The van der Waals surface area contributed by atoms with Gasteiger partial charge in [-0.15, -0.1) is 0 Å². The van der Waals surface area contributed by atoms with E-state index in [2.05, 4.69) is 22.4 Å². The Labute approximate surface area is 177 Å². The van der Waals surface area contributed by atoms with Gasteiger partial charge in [-0.25, -0.2) is 4.98 Å². The molecular weight excluding hydrogens is 400 g/mol. The van der Waals surface area contributed by atoms with Gasteiger partial charge in [-0.05, 0) is 49.3 Å². The lowest BCUT2D eigenvalue weighted by atomic mass is 9.85. The molecule has 6 rings (SSSR count). The van der Waals surface area contributed by atoms with Gasteiger partial charge in [-0.3, -0.25) is 19.3 Å². The minimum absolute atomic E-state index is 0.156. The van der Waals surface area contributed by atoms with Gasteiger partial charge in [0.05, 0.1) is 22.1 Å². The summed E-state index contributed by atoms with van der Waals surface area (Å²) >= 11 is 1.63. The van der Waals surface area contributed by atoms with E-state index in [-0.39, 0.29) is 47.9 Å². The highest BCUT2D eigenvalue weighted by Gasteiger charge is 2.59. The second-order valence-electron chi connectivity index (χ2n) is 8.68. The van der Waals surface area contributed by atoms with Gasteiger partial charge in [-0.2, -0.15) is 0 Å². The third-order valence-corrected chi connectivity index (χ3v) is 7.98. The van der Waals surface area contributed by atoms with Crippen LogP contribution in [0, 0.1) is 23.7 Å². The molecule has 2 aliphatic heterocycles. The first-order valence-electron chi connectivity index (χ1n) is 10.6. The van der Waals surface area contributed by atoms with Crippen molar-refractivity contribution >= 4 is 50.1 Å². The number of allylic oxidation sites excluding steroid dienone is 2. The minimum Gasteiger partial charge on any atom is -0.348 e. The molecule has 1 saturated carbocycles. The van der Waals surface area contributed by atoms with Crippen LogP contribution in [0.3, 0.4) is 0 Å². The van der Waals surface area contributed by atoms with Crippen LogP contribution < -0.4 is 10.2 Å². The third-order valence-electron chi connectivity index (χ3n) is 6.90. The summed E-state index contributed by atoms with van der Waals surface area (Å²) in [7, 11) is 0. The molecule has 0 spiro atoms. The smallest absolute Gasteiger partial charge is 0.244 e. The maximum Gasteiger partial charge on any atom is 0.244 e. The number of likely N-dealkylation sites (tertiary alicyclic amines) is 1. The predicted molar refractivity (Wildman–Crippen MR) is 114 cm³/mol. The number of carbonyl (C=O) groups is 3. The lowest BCUT2D eigenvalue weighted by Crippen LogP contribution is -2.39. The highest BCUT2D eigenvalue weighted by atomic mass is 32.1. The summed E-state index contributed by atoms with van der Waals surface area (Å²) in [6.45, 7) is 1.87. The fourth-order valence-electron chi connectivity index (χ4n) is 5.50. The second-order valence-corrected chi connectivity index (χ2v) is 9.69. The molecule has 2 aromatic rings. The second kappa shape index (κ2) is 6.63. The largest absolute Gasteiger partial charge is 0.348 e. The van der Waals surface area contributed by atoms with Crippen LogP contribution in [-0.2, 0) is 14.4 Å². The molecule has 4 unspecified atom stereocenters. The van der Waals surface area contributed by atoms with Crippen molar-refractivity contribution in [2.24, 2.45) is 23.7 Å². The van der Waals surface area contributed by atoms with Crippen LogP contribution in [0.5, 0.6) is 0 Å². The van der Waals surface area contributed by atoms with Crippen LogP contribution >= 0.6 is 11.3 Å². The Bertz CT molecular complexity index is 1070. The molecule has 2 saturated heterocycles. The van der Waals surface area contributed by atoms with Gasteiger partial charge < -0.3 is 10.2 Å². The molecule has 7 nitrogen and oxygen atoms in total. The highest BCUT2D eigenvalue weighted by molar-refractivity contribution is 7.22. The van der Waals surface area contributed by atoms with E-state index in [9.17, 15) is 14.4 Å². The number of fused-ring (bicyclic) bond motifs is 6. The number of carbonyl (C=O) groups excluding carboxylic acids is 3. The van der Waals surface area contributed by atoms with Crippen LogP contribution in [-0.4, -0.2) is 47.2 Å². The zero-order valence-electron chi connectivity index (χ0n) is 16.4. The SMILES string of the molecule is O=C(CN1C(=O)C2C3C=CC(C3)C2C1=O)Nc1ccc2nc(N3CCCC3)sc2c1. The van der Waals surface area contributed by atoms with Gasteiger partial charge >= 0.3 is 0 Å². The fraction of sp³-hybridized carbons (Fsp3) is 0.455. The number of imide groups is 1. The van der Waals surface area contributed by atoms with E-state index in [1.54, 1.807) is 11.3 Å². The molecule has 30 heavy (non-hydrogen) atoms. The van der Waals surface area contributed by atoms with E-state index >= 15 is 0 Å². The summed E-state index contributed by atoms with van der Waals surface area (Å²) < 4.78 is 1.01. The van der Waals surface area contributed by atoms with Gasteiger partial charge in [-0.1, -0.05) is 23.5 Å². The van der Waals surface area contributed by atoms with Crippen LogP contribution in [0.1, 0.15) is 19.3 Å². The first kappa shape index (κ1) is 18.1. The molecule has 154 valence electrons. The summed E-state index contributed by atoms with van der Waals surface area (Å²) in [6, 6.07) is 5.64. The monoisotopic (exact) mass is 422 g/mol.